The number of carbonyl (C=O) groups excluding carboxylic acids is 1. The van der Waals surface area contributed by atoms with Gasteiger partial charge in [0.15, 0.2) is 5.82 Å². The van der Waals surface area contributed by atoms with Gasteiger partial charge in [-0.25, -0.2) is 0 Å². The molecule has 7 heteroatoms. The van der Waals surface area contributed by atoms with E-state index in [-0.39, 0.29) is 11.9 Å². The lowest BCUT2D eigenvalue weighted by Crippen LogP contribution is -2.42. The van der Waals surface area contributed by atoms with E-state index in [9.17, 15) is 4.79 Å². The molecule has 3 heterocycles. The molecule has 0 radical (unpaired) electrons. The first-order valence-corrected chi connectivity index (χ1v) is 9.75. The van der Waals surface area contributed by atoms with Gasteiger partial charge in [0.2, 0.25) is 5.91 Å². The highest BCUT2D eigenvalue weighted by molar-refractivity contribution is 5.76. The Labute approximate surface area is 164 Å². The van der Waals surface area contributed by atoms with Crippen LogP contribution < -0.4 is 0 Å². The summed E-state index contributed by atoms with van der Waals surface area (Å²) in [6.07, 6.45) is 1.96. The molecule has 0 saturated carbocycles. The molecule has 1 N–H and O–H groups in total. The highest BCUT2D eigenvalue weighted by atomic mass is 16.2. The zero-order valence-corrected chi connectivity index (χ0v) is 16.6. The lowest BCUT2D eigenvalue weighted by atomic mass is 10.0. The van der Waals surface area contributed by atoms with E-state index in [0.717, 1.165) is 35.0 Å². The first-order valence-electron chi connectivity index (χ1n) is 9.75. The van der Waals surface area contributed by atoms with Crippen LogP contribution in [0.1, 0.15) is 46.6 Å². The van der Waals surface area contributed by atoms with Crippen LogP contribution in [-0.2, 0) is 24.2 Å². The Bertz CT molecular complexity index is 974. The summed E-state index contributed by atoms with van der Waals surface area (Å²) in [6, 6.07) is 10.5. The number of amides is 1. The van der Waals surface area contributed by atoms with Gasteiger partial charge in [0.25, 0.3) is 0 Å². The largest absolute Gasteiger partial charge is 0.333 e. The maximum absolute atomic E-state index is 12.9. The van der Waals surface area contributed by atoms with Gasteiger partial charge in [-0.3, -0.25) is 9.89 Å². The van der Waals surface area contributed by atoms with Crippen LogP contribution >= 0.6 is 0 Å². The van der Waals surface area contributed by atoms with Crippen molar-refractivity contribution in [2.75, 3.05) is 6.54 Å². The number of aromatic nitrogens is 5. The summed E-state index contributed by atoms with van der Waals surface area (Å²) in [5, 5.41) is 15.9. The monoisotopic (exact) mass is 378 g/mol. The number of nitrogens with zero attached hydrogens (tertiary/aromatic N) is 5. The Morgan fingerprint density at radius 2 is 1.96 bits per heavy atom. The van der Waals surface area contributed by atoms with Crippen molar-refractivity contribution in [3.05, 3.63) is 64.5 Å². The molecule has 1 atom stereocenters. The van der Waals surface area contributed by atoms with Gasteiger partial charge in [0.1, 0.15) is 5.82 Å². The van der Waals surface area contributed by atoms with Gasteiger partial charge in [-0.2, -0.15) is 5.10 Å². The minimum Gasteiger partial charge on any atom is -0.333 e. The molecular weight excluding hydrogens is 352 g/mol. The molecule has 0 bridgehead atoms. The smallest absolute Gasteiger partial charge is 0.223 e. The van der Waals surface area contributed by atoms with Gasteiger partial charge < -0.3 is 9.47 Å². The Kier molecular flexibility index (Phi) is 4.98. The van der Waals surface area contributed by atoms with Crippen molar-refractivity contribution < 1.29 is 4.79 Å². The van der Waals surface area contributed by atoms with Crippen molar-refractivity contribution in [1.82, 2.24) is 29.9 Å². The van der Waals surface area contributed by atoms with Gasteiger partial charge in [-0.15, -0.1) is 10.2 Å². The van der Waals surface area contributed by atoms with Crippen molar-refractivity contribution in [3.63, 3.8) is 0 Å². The van der Waals surface area contributed by atoms with Crippen LogP contribution in [0.25, 0.3) is 0 Å². The standard InChI is InChI=1S/C21H26N6O/c1-14-15(2)22-24-19(14)9-10-21(28)26-12-18(11-17-7-5-4-6-8-17)27-16(3)23-25-20(27)13-26/h4-8,18H,9-13H2,1-3H3,(H,22,24)/t18-/m1/s1. The summed E-state index contributed by atoms with van der Waals surface area (Å²) in [5.41, 5.74) is 4.43. The van der Waals surface area contributed by atoms with Crippen molar-refractivity contribution in [3.8, 4) is 0 Å². The maximum Gasteiger partial charge on any atom is 0.223 e. The number of hydrogen-bond donors (Lipinski definition) is 1. The zero-order chi connectivity index (χ0) is 19.7. The van der Waals surface area contributed by atoms with E-state index < -0.39 is 0 Å². The number of H-pyrrole nitrogens is 1. The van der Waals surface area contributed by atoms with Crippen LogP contribution in [-0.4, -0.2) is 42.3 Å². The minimum absolute atomic E-state index is 0.144. The molecule has 1 aliphatic heterocycles. The van der Waals surface area contributed by atoms with Gasteiger partial charge in [-0.05, 0) is 38.3 Å². The number of hydrogen-bond acceptors (Lipinski definition) is 4. The minimum atomic E-state index is 0.144. The number of benzene rings is 1. The third kappa shape index (κ3) is 3.56. The molecule has 28 heavy (non-hydrogen) atoms. The van der Waals surface area contributed by atoms with Crippen molar-refractivity contribution in [1.29, 1.82) is 0 Å². The van der Waals surface area contributed by atoms with E-state index in [1.807, 2.05) is 31.7 Å². The molecule has 1 aromatic carbocycles. The van der Waals surface area contributed by atoms with Crippen LogP contribution in [0, 0.1) is 20.8 Å². The first kappa shape index (κ1) is 18.4. The highest BCUT2D eigenvalue weighted by Crippen LogP contribution is 2.26. The van der Waals surface area contributed by atoms with Crippen molar-refractivity contribution in [2.24, 2.45) is 0 Å². The van der Waals surface area contributed by atoms with Crippen molar-refractivity contribution in [2.45, 2.75) is 52.6 Å². The molecular formula is C21H26N6O. The quantitative estimate of drug-likeness (QED) is 0.740. The van der Waals surface area contributed by atoms with Gasteiger partial charge in [0, 0.05) is 25.1 Å². The topological polar surface area (TPSA) is 79.7 Å². The van der Waals surface area contributed by atoms with E-state index in [0.29, 0.717) is 25.9 Å². The predicted molar refractivity (Wildman–Crippen MR) is 106 cm³/mol. The zero-order valence-electron chi connectivity index (χ0n) is 16.6. The maximum atomic E-state index is 12.9. The second kappa shape index (κ2) is 7.58. The molecule has 1 amide bonds. The number of aryl methyl sites for hydroxylation is 3. The lowest BCUT2D eigenvalue weighted by molar-refractivity contribution is -0.133. The number of nitrogens with one attached hydrogen (secondary N) is 1. The number of fused-ring (bicyclic) bond motifs is 1. The SMILES string of the molecule is Cc1[nH]nc(CCC(=O)N2Cc3nnc(C)n3[C@H](Cc3ccccc3)C2)c1C. The Morgan fingerprint density at radius 3 is 2.68 bits per heavy atom. The lowest BCUT2D eigenvalue weighted by Gasteiger charge is -2.34. The van der Waals surface area contributed by atoms with Crippen LogP contribution in [0.3, 0.4) is 0 Å². The summed E-state index contributed by atoms with van der Waals surface area (Å²) in [6.45, 7) is 7.22. The molecule has 0 aliphatic carbocycles. The number of aromatic amines is 1. The van der Waals surface area contributed by atoms with Crippen LogP contribution in [0.5, 0.6) is 0 Å². The fourth-order valence-electron chi connectivity index (χ4n) is 3.96. The van der Waals surface area contributed by atoms with Gasteiger partial charge in [0.05, 0.1) is 18.3 Å². The Hall–Kier alpha value is -2.96. The van der Waals surface area contributed by atoms with Crippen molar-refractivity contribution >= 4 is 5.91 Å². The van der Waals surface area contributed by atoms with E-state index in [2.05, 4.69) is 49.2 Å². The van der Waals surface area contributed by atoms with E-state index in [1.54, 1.807) is 0 Å². The third-order valence-corrected chi connectivity index (χ3v) is 5.66. The number of carbonyl (C=O) groups is 1. The Balaban J connectivity index is 1.49. The molecule has 7 nitrogen and oxygen atoms in total. The average Bonchev–Trinajstić information content (AvgIpc) is 3.23. The molecule has 0 fully saturated rings. The Morgan fingerprint density at radius 1 is 1.18 bits per heavy atom. The predicted octanol–water partition coefficient (Wildman–Crippen LogP) is 2.69. The first-order chi connectivity index (χ1) is 13.5. The molecule has 2 aromatic heterocycles. The molecule has 146 valence electrons. The summed E-state index contributed by atoms with van der Waals surface area (Å²) in [4.78, 5) is 14.9. The molecule has 1 aliphatic rings. The highest BCUT2D eigenvalue weighted by Gasteiger charge is 2.30. The van der Waals surface area contributed by atoms with Crippen LogP contribution in [0.4, 0.5) is 0 Å². The summed E-state index contributed by atoms with van der Waals surface area (Å²) < 4.78 is 2.19. The summed E-state index contributed by atoms with van der Waals surface area (Å²) >= 11 is 0. The molecule has 3 aromatic rings. The fourth-order valence-corrected chi connectivity index (χ4v) is 3.96. The van der Waals surface area contributed by atoms with Gasteiger partial charge >= 0.3 is 0 Å². The number of rotatable bonds is 5. The second-order valence-electron chi connectivity index (χ2n) is 7.57. The second-order valence-corrected chi connectivity index (χ2v) is 7.57. The molecule has 0 saturated heterocycles. The van der Waals surface area contributed by atoms with Gasteiger partial charge in [-0.1, -0.05) is 30.3 Å². The summed E-state index contributed by atoms with van der Waals surface area (Å²) in [7, 11) is 0. The van der Waals surface area contributed by atoms with E-state index in [1.165, 1.54) is 5.56 Å². The fraction of sp³-hybridized carbons (Fsp3) is 0.429. The van der Waals surface area contributed by atoms with E-state index in [4.69, 9.17) is 0 Å². The molecule has 0 unspecified atom stereocenters. The van der Waals surface area contributed by atoms with E-state index >= 15 is 0 Å². The normalized spacial score (nSPS) is 16.2. The van der Waals surface area contributed by atoms with Crippen LogP contribution in [0.2, 0.25) is 0 Å². The third-order valence-electron chi connectivity index (χ3n) is 5.66. The molecule has 4 rings (SSSR count). The van der Waals surface area contributed by atoms with Crippen LogP contribution in [0.15, 0.2) is 30.3 Å². The molecule has 0 spiro atoms. The summed E-state index contributed by atoms with van der Waals surface area (Å²) in [5.74, 6) is 1.92. The average molecular weight is 378 g/mol.